The summed E-state index contributed by atoms with van der Waals surface area (Å²) >= 11 is 1.54. The lowest BCUT2D eigenvalue weighted by molar-refractivity contribution is -0.118. The highest BCUT2D eigenvalue weighted by atomic mass is 32.1. The number of nitrogens with one attached hydrogen (secondary N) is 1. The molecule has 1 aliphatic rings. The summed E-state index contributed by atoms with van der Waals surface area (Å²) in [6.07, 6.45) is 5.71. The minimum Gasteiger partial charge on any atom is -0.484 e. The van der Waals surface area contributed by atoms with Crippen molar-refractivity contribution in [2.75, 3.05) is 18.5 Å². The van der Waals surface area contributed by atoms with E-state index in [0.29, 0.717) is 16.9 Å². The van der Waals surface area contributed by atoms with Crippen LogP contribution in [-0.4, -0.2) is 35.0 Å². The second-order valence-corrected chi connectivity index (χ2v) is 7.21. The zero-order valence-corrected chi connectivity index (χ0v) is 14.7. The summed E-state index contributed by atoms with van der Waals surface area (Å²) in [6, 6.07) is 9.94. The second kappa shape index (κ2) is 8.26. The van der Waals surface area contributed by atoms with Crippen LogP contribution in [0.3, 0.4) is 0 Å². The van der Waals surface area contributed by atoms with Gasteiger partial charge in [-0.2, -0.15) is 0 Å². The third-order valence-electron chi connectivity index (χ3n) is 4.21. The molecule has 1 atom stereocenters. The number of likely N-dealkylation sites (tertiary alicyclic amines) is 1. The molecule has 1 aliphatic heterocycles. The first kappa shape index (κ1) is 16.9. The van der Waals surface area contributed by atoms with Crippen LogP contribution in [0.15, 0.2) is 36.5 Å². The number of para-hydroxylation sites is 1. The van der Waals surface area contributed by atoms with E-state index in [9.17, 15) is 4.79 Å². The van der Waals surface area contributed by atoms with Gasteiger partial charge in [0, 0.05) is 23.7 Å². The predicted octanol–water partition coefficient (Wildman–Crippen LogP) is 3.54. The predicted molar refractivity (Wildman–Crippen MR) is 96.4 cm³/mol. The van der Waals surface area contributed by atoms with E-state index in [0.717, 1.165) is 13.1 Å². The van der Waals surface area contributed by atoms with Gasteiger partial charge in [0.1, 0.15) is 5.75 Å². The molecule has 1 aromatic carbocycles. The number of nitrogens with zero attached hydrogens (tertiary/aromatic N) is 2. The molecule has 2 heterocycles. The van der Waals surface area contributed by atoms with Crippen LogP contribution in [0.5, 0.6) is 5.75 Å². The van der Waals surface area contributed by atoms with E-state index in [1.54, 1.807) is 0 Å². The highest BCUT2D eigenvalue weighted by Gasteiger charge is 2.19. The lowest BCUT2D eigenvalue weighted by Crippen LogP contribution is -2.36. The van der Waals surface area contributed by atoms with Crippen LogP contribution in [0, 0.1) is 0 Å². The smallest absolute Gasteiger partial charge is 0.264 e. The topological polar surface area (TPSA) is 54.5 Å². The van der Waals surface area contributed by atoms with Gasteiger partial charge in [0.25, 0.3) is 5.91 Å². The average molecular weight is 345 g/mol. The maximum absolute atomic E-state index is 12.0. The minimum atomic E-state index is -0.189. The Hall–Kier alpha value is -1.92. The molecular weight excluding hydrogens is 322 g/mol. The molecule has 1 saturated heterocycles. The van der Waals surface area contributed by atoms with Crippen molar-refractivity contribution in [3.8, 4) is 5.75 Å². The molecule has 24 heavy (non-hydrogen) atoms. The van der Waals surface area contributed by atoms with Crippen LogP contribution >= 0.6 is 11.3 Å². The van der Waals surface area contributed by atoms with E-state index in [2.05, 4.69) is 22.1 Å². The number of thiazole rings is 1. The van der Waals surface area contributed by atoms with Gasteiger partial charge in [0.2, 0.25) is 0 Å². The zero-order valence-electron chi connectivity index (χ0n) is 13.9. The molecule has 0 bridgehead atoms. The second-order valence-electron chi connectivity index (χ2n) is 6.10. The SMILES string of the molecule is CC1CCCCN1Cc1cnc(NC(=O)COc2ccccc2)s1. The third-order valence-corrected chi connectivity index (χ3v) is 5.11. The standard InChI is InChI=1S/C18H23N3O2S/c1-14-7-5-6-10-21(14)12-16-11-19-18(24-16)20-17(22)13-23-15-8-3-2-4-9-15/h2-4,8-9,11,14H,5-7,10,12-13H2,1H3,(H,19,20,22). The first-order valence-corrected chi connectivity index (χ1v) is 9.19. The van der Waals surface area contributed by atoms with E-state index in [1.165, 1.54) is 35.5 Å². The molecule has 2 aromatic rings. The number of hydrogen-bond donors (Lipinski definition) is 1. The molecule has 1 N–H and O–H groups in total. The molecule has 0 saturated carbocycles. The molecule has 1 aromatic heterocycles. The van der Waals surface area contributed by atoms with Crippen LogP contribution < -0.4 is 10.1 Å². The van der Waals surface area contributed by atoms with Crippen molar-refractivity contribution >= 4 is 22.4 Å². The lowest BCUT2D eigenvalue weighted by Gasteiger charge is -2.32. The third kappa shape index (κ3) is 4.79. The monoisotopic (exact) mass is 345 g/mol. The average Bonchev–Trinajstić information content (AvgIpc) is 3.03. The van der Waals surface area contributed by atoms with Crippen LogP contribution in [0.2, 0.25) is 0 Å². The molecule has 5 nitrogen and oxygen atoms in total. The zero-order chi connectivity index (χ0) is 16.8. The van der Waals surface area contributed by atoms with Crippen molar-refractivity contribution < 1.29 is 9.53 Å². The number of carbonyl (C=O) groups is 1. The molecule has 1 unspecified atom stereocenters. The number of amides is 1. The number of hydrogen-bond acceptors (Lipinski definition) is 5. The Kier molecular flexibility index (Phi) is 5.82. The highest BCUT2D eigenvalue weighted by molar-refractivity contribution is 7.15. The Morgan fingerprint density at radius 3 is 3.00 bits per heavy atom. The molecule has 3 rings (SSSR count). The molecule has 0 radical (unpaired) electrons. The van der Waals surface area contributed by atoms with Gasteiger partial charge in [0.05, 0.1) is 0 Å². The normalized spacial score (nSPS) is 18.3. The number of carbonyl (C=O) groups excluding carboxylic acids is 1. The Bertz CT molecular complexity index is 659. The van der Waals surface area contributed by atoms with Crippen LogP contribution in [0.1, 0.15) is 31.1 Å². The van der Waals surface area contributed by atoms with Gasteiger partial charge >= 0.3 is 0 Å². The fraction of sp³-hybridized carbons (Fsp3) is 0.444. The molecule has 0 spiro atoms. The fourth-order valence-corrected chi connectivity index (χ4v) is 3.71. The summed E-state index contributed by atoms with van der Waals surface area (Å²) in [5.41, 5.74) is 0. The molecular formula is C18H23N3O2S. The fourth-order valence-electron chi connectivity index (χ4n) is 2.85. The summed E-state index contributed by atoms with van der Waals surface area (Å²) in [6.45, 7) is 4.33. The van der Waals surface area contributed by atoms with E-state index in [1.807, 2.05) is 36.5 Å². The number of benzene rings is 1. The summed E-state index contributed by atoms with van der Waals surface area (Å²) in [4.78, 5) is 19.9. The van der Waals surface area contributed by atoms with Crippen molar-refractivity contribution in [3.63, 3.8) is 0 Å². The van der Waals surface area contributed by atoms with Gasteiger partial charge in [-0.3, -0.25) is 15.0 Å². The Labute approximate surface area is 146 Å². The number of ether oxygens (including phenoxy) is 1. The highest BCUT2D eigenvalue weighted by Crippen LogP contribution is 2.24. The van der Waals surface area contributed by atoms with Crippen LogP contribution in [-0.2, 0) is 11.3 Å². The van der Waals surface area contributed by atoms with Gasteiger partial charge in [-0.05, 0) is 38.4 Å². The Morgan fingerprint density at radius 1 is 1.38 bits per heavy atom. The van der Waals surface area contributed by atoms with E-state index < -0.39 is 0 Å². The summed E-state index contributed by atoms with van der Waals surface area (Å²) < 4.78 is 5.44. The molecule has 128 valence electrons. The molecule has 1 fully saturated rings. The van der Waals surface area contributed by atoms with Crippen molar-refractivity contribution in [2.24, 2.45) is 0 Å². The van der Waals surface area contributed by atoms with Gasteiger partial charge in [-0.25, -0.2) is 4.98 Å². The molecule has 6 heteroatoms. The number of piperidine rings is 1. The van der Waals surface area contributed by atoms with Crippen molar-refractivity contribution in [2.45, 2.75) is 38.8 Å². The lowest BCUT2D eigenvalue weighted by atomic mass is 10.0. The summed E-state index contributed by atoms with van der Waals surface area (Å²) in [5.74, 6) is 0.498. The Balaban J connectivity index is 1.47. The molecule has 0 aliphatic carbocycles. The number of aromatic nitrogens is 1. The first-order valence-electron chi connectivity index (χ1n) is 8.37. The molecule has 1 amide bonds. The van der Waals surface area contributed by atoms with E-state index in [-0.39, 0.29) is 12.5 Å². The van der Waals surface area contributed by atoms with Crippen LogP contribution in [0.4, 0.5) is 5.13 Å². The van der Waals surface area contributed by atoms with E-state index in [4.69, 9.17) is 4.74 Å². The Morgan fingerprint density at radius 2 is 2.21 bits per heavy atom. The van der Waals surface area contributed by atoms with Crippen LogP contribution in [0.25, 0.3) is 0 Å². The van der Waals surface area contributed by atoms with Crippen molar-refractivity contribution in [1.29, 1.82) is 0 Å². The van der Waals surface area contributed by atoms with Gasteiger partial charge in [0.15, 0.2) is 11.7 Å². The van der Waals surface area contributed by atoms with Gasteiger partial charge in [-0.1, -0.05) is 24.6 Å². The quantitative estimate of drug-likeness (QED) is 0.870. The van der Waals surface area contributed by atoms with E-state index >= 15 is 0 Å². The largest absolute Gasteiger partial charge is 0.484 e. The van der Waals surface area contributed by atoms with Gasteiger partial charge in [-0.15, -0.1) is 11.3 Å². The number of anilines is 1. The first-order chi connectivity index (χ1) is 11.7. The number of rotatable bonds is 6. The van der Waals surface area contributed by atoms with Crippen molar-refractivity contribution in [1.82, 2.24) is 9.88 Å². The van der Waals surface area contributed by atoms with Gasteiger partial charge < -0.3 is 4.74 Å². The summed E-state index contributed by atoms with van der Waals surface area (Å²) in [5, 5.41) is 3.44. The summed E-state index contributed by atoms with van der Waals surface area (Å²) in [7, 11) is 0. The van der Waals surface area contributed by atoms with Crippen molar-refractivity contribution in [3.05, 3.63) is 41.4 Å². The minimum absolute atomic E-state index is 0.0118. The maximum atomic E-state index is 12.0. The maximum Gasteiger partial charge on any atom is 0.264 e.